The van der Waals surface area contributed by atoms with Gasteiger partial charge in [0.05, 0.1) is 6.42 Å². The number of amides is 2. The highest BCUT2D eigenvalue weighted by Crippen LogP contribution is 2.15. The molecule has 0 aromatic heterocycles. The van der Waals surface area contributed by atoms with Gasteiger partial charge in [-0.15, -0.1) is 0 Å². The summed E-state index contributed by atoms with van der Waals surface area (Å²) in [5.41, 5.74) is 0. The Bertz CT molecular complexity index is 303. The Labute approximate surface area is 114 Å². The van der Waals surface area contributed by atoms with Gasteiger partial charge in [-0.3, -0.25) is 4.79 Å². The standard InChI is InChI=1S/C13H24N2O4/c1-3-11(8-12(16)17)14-13(18)15(2)9-10-4-6-19-7-5-10/h10-11H,3-9H2,1-2H3,(H,14,18)(H,16,17). The zero-order valence-corrected chi connectivity index (χ0v) is 11.7. The van der Waals surface area contributed by atoms with E-state index in [0.29, 0.717) is 18.9 Å². The van der Waals surface area contributed by atoms with Gasteiger partial charge in [0.2, 0.25) is 0 Å². The third-order valence-electron chi connectivity index (χ3n) is 3.46. The smallest absolute Gasteiger partial charge is 0.317 e. The maximum absolute atomic E-state index is 12.0. The van der Waals surface area contributed by atoms with Crippen LogP contribution in [0.3, 0.4) is 0 Å². The van der Waals surface area contributed by atoms with Crippen molar-refractivity contribution in [2.24, 2.45) is 5.92 Å². The number of ether oxygens (including phenoxy) is 1. The summed E-state index contributed by atoms with van der Waals surface area (Å²) in [6.45, 7) is 4.08. The fraction of sp³-hybridized carbons (Fsp3) is 0.846. The molecule has 6 heteroatoms. The van der Waals surface area contributed by atoms with E-state index in [1.54, 1.807) is 11.9 Å². The Morgan fingerprint density at radius 3 is 2.58 bits per heavy atom. The minimum absolute atomic E-state index is 0.0344. The molecule has 0 aromatic carbocycles. The normalized spacial score (nSPS) is 17.8. The van der Waals surface area contributed by atoms with E-state index in [9.17, 15) is 9.59 Å². The van der Waals surface area contributed by atoms with Gasteiger partial charge in [-0.05, 0) is 25.2 Å². The molecule has 2 N–H and O–H groups in total. The summed E-state index contributed by atoms with van der Waals surface area (Å²) in [5, 5.41) is 11.5. The topological polar surface area (TPSA) is 78.9 Å². The van der Waals surface area contributed by atoms with Gasteiger partial charge in [-0.1, -0.05) is 6.92 Å². The highest BCUT2D eigenvalue weighted by molar-refractivity contribution is 5.75. The zero-order valence-electron chi connectivity index (χ0n) is 11.7. The first kappa shape index (κ1) is 15.8. The van der Waals surface area contributed by atoms with E-state index in [-0.39, 0.29) is 18.5 Å². The molecule has 0 saturated carbocycles. The molecular formula is C13H24N2O4. The van der Waals surface area contributed by atoms with Crippen molar-refractivity contribution < 1.29 is 19.4 Å². The van der Waals surface area contributed by atoms with Crippen LogP contribution in [0.2, 0.25) is 0 Å². The van der Waals surface area contributed by atoms with Crippen LogP contribution in [-0.4, -0.2) is 54.9 Å². The number of hydrogen-bond acceptors (Lipinski definition) is 3. The molecule has 1 fully saturated rings. The van der Waals surface area contributed by atoms with Crippen LogP contribution < -0.4 is 5.32 Å². The predicted octanol–water partition coefficient (Wildman–Crippen LogP) is 1.31. The molecule has 110 valence electrons. The second kappa shape index (κ2) is 7.99. The van der Waals surface area contributed by atoms with Crippen molar-refractivity contribution >= 4 is 12.0 Å². The number of aliphatic carboxylic acids is 1. The largest absolute Gasteiger partial charge is 0.481 e. The maximum Gasteiger partial charge on any atom is 0.317 e. The molecule has 1 aliphatic heterocycles. The Morgan fingerprint density at radius 1 is 1.42 bits per heavy atom. The molecule has 19 heavy (non-hydrogen) atoms. The first-order valence-electron chi connectivity index (χ1n) is 6.84. The number of hydrogen-bond donors (Lipinski definition) is 2. The van der Waals surface area contributed by atoms with Gasteiger partial charge in [-0.2, -0.15) is 0 Å². The van der Waals surface area contributed by atoms with E-state index in [2.05, 4.69) is 5.32 Å². The van der Waals surface area contributed by atoms with E-state index < -0.39 is 5.97 Å². The number of rotatable bonds is 6. The minimum Gasteiger partial charge on any atom is -0.481 e. The summed E-state index contributed by atoms with van der Waals surface area (Å²) >= 11 is 0. The number of carbonyl (C=O) groups excluding carboxylic acids is 1. The second-order valence-corrected chi connectivity index (χ2v) is 5.09. The van der Waals surface area contributed by atoms with Gasteiger partial charge in [-0.25, -0.2) is 4.79 Å². The van der Waals surface area contributed by atoms with Crippen LogP contribution >= 0.6 is 0 Å². The molecule has 1 saturated heterocycles. The van der Waals surface area contributed by atoms with E-state index in [1.165, 1.54) is 0 Å². The van der Waals surface area contributed by atoms with Crippen LogP contribution in [0, 0.1) is 5.92 Å². The molecule has 1 unspecified atom stereocenters. The molecular weight excluding hydrogens is 248 g/mol. The Hall–Kier alpha value is -1.30. The summed E-state index contributed by atoms with van der Waals surface area (Å²) < 4.78 is 5.28. The number of nitrogens with one attached hydrogen (secondary N) is 1. The average Bonchev–Trinajstić information content (AvgIpc) is 2.38. The summed E-state index contributed by atoms with van der Waals surface area (Å²) in [6.07, 6.45) is 2.53. The SMILES string of the molecule is CCC(CC(=O)O)NC(=O)N(C)CC1CCOCC1. The Kier molecular flexibility index (Phi) is 6.62. The molecule has 1 rings (SSSR count). The lowest BCUT2D eigenvalue weighted by molar-refractivity contribution is -0.137. The van der Waals surface area contributed by atoms with Crippen LogP contribution in [0.15, 0.2) is 0 Å². The number of nitrogens with zero attached hydrogens (tertiary/aromatic N) is 1. The van der Waals surface area contributed by atoms with Crippen molar-refractivity contribution in [3.63, 3.8) is 0 Å². The van der Waals surface area contributed by atoms with Crippen molar-refractivity contribution in [3.05, 3.63) is 0 Å². The van der Waals surface area contributed by atoms with E-state index in [1.807, 2.05) is 6.92 Å². The van der Waals surface area contributed by atoms with Gasteiger partial charge in [0.15, 0.2) is 0 Å². The lowest BCUT2D eigenvalue weighted by Gasteiger charge is -2.28. The fourth-order valence-electron chi connectivity index (χ4n) is 2.19. The molecule has 1 heterocycles. The molecule has 6 nitrogen and oxygen atoms in total. The van der Waals surface area contributed by atoms with Gasteiger partial charge in [0, 0.05) is 32.8 Å². The maximum atomic E-state index is 12.0. The molecule has 0 radical (unpaired) electrons. The van der Waals surface area contributed by atoms with Crippen molar-refractivity contribution in [3.8, 4) is 0 Å². The molecule has 1 atom stereocenters. The van der Waals surface area contributed by atoms with Gasteiger partial charge in [0.25, 0.3) is 0 Å². The van der Waals surface area contributed by atoms with Gasteiger partial charge < -0.3 is 20.1 Å². The molecule has 0 bridgehead atoms. The van der Waals surface area contributed by atoms with Crippen LogP contribution in [0.4, 0.5) is 4.79 Å². The second-order valence-electron chi connectivity index (χ2n) is 5.09. The van der Waals surface area contributed by atoms with Crippen molar-refractivity contribution in [2.45, 2.75) is 38.6 Å². The highest BCUT2D eigenvalue weighted by Gasteiger charge is 2.20. The number of carboxylic acid groups (broad SMARTS) is 1. The first-order chi connectivity index (χ1) is 9.02. The Balaban J connectivity index is 2.35. The third-order valence-corrected chi connectivity index (χ3v) is 3.46. The fourth-order valence-corrected chi connectivity index (χ4v) is 2.19. The number of urea groups is 1. The molecule has 0 spiro atoms. The summed E-state index contributed by atoms with van der Waals surface area (Å²) in [4.78, 5) is 24.3. The summed E-state index contributed by atoms with van der Waals surface area (Å²) in [5.74, 6) is -0.414. The van der Waals surface area contributed by atoms with E-state index >= 15 is 0 Å². The Morgan fingerprint density at radius 2 is 2.05 bits per heavy atom. The lowest BCUT2D eigenvalue weighted by Crippen LogP contribution is -2.45. The monoisotopic (exact) mass is 272 g/mol. The van der Waals surface area contributed by atoms with Crippen LogP contribution in [0.5, 0.6) is 0 Å². The average molecular weight is 272 g/mol. The van der Waals surface area contributed by atoms with Crippen molar-refractivity contribution in [2.75, 3.05) is 26.8 Å². The molecule has 0 aliphatic carbocycles. The third kappa shape index (κ3) is 5.92. The number of carbonyl (C=O) groups is 2. The molecule has 0 aromatic rings. The molecule has 2 amide bonds. The minimum atomic E-state index is -0.890. The van der Waals surface area contributed by atoms with E-state index in [0.717, 1.165) is 26.1 Å². The zero-order chi connectivity index (χ0) is 14.3. The van der Waals surface area contributed by atoms with Gasteiger partial charge in [0.1, 0.15) is 0 Å². The lowest BCUT2D eigenvalue weighted by atomic mass is 10.00. The van der Waals surface area contributed by atoms with E-state index in [4.69, 9.17) is 9.84 Å². The van der Waals surface area contributed by atoms with Crippen LogP contribution in [0.1, 0.15) is 32.6 Å². The summed E-state index contributed by atoms with van der Waals surface area (Å²) in [7, 11) is 1.75. The van der Waals surface area contributed by atoms with Gasteiger partial charge >= 0.3 is 12.0 Å². The van der Waals surface area contributed by atoms with Crippen molar-refractivity contribution in [1.29, 1.82) is 0 Å². The number of carboxylic acids is 1. The molecule has 1 aliphatic rings. The van der Waals surface area contributed by atoms with Crippen molar-refractivity contribution in [1.82, 2.24) is 10.2 Å². The quantitative estimate of drug-likeness (QED) is 0.764. The van der Waals surface area contributed by atoms with Crippen LogP contribution in [-0.2, 0) is 9.53 Å². The van der Waals surface area contributed by atoms with Crippen LogP contribution in [0.25, 0.3) is 0 Å². The predicted molar refractivity (Wildman–Crippen MR) is 71.0 cm³/mol. The highest BCUT2D eigenvalue weighted by atomic mass is 16.5. The first-order valence-corrected chi connectivity index (χ1v) is 6.84. The summed E-state index contributed by atoms with van der Waals surface area (Å²) in [6, 6.07) is -0.498.